The SMILES string of the molecule is CC(=O)Oc1c(N2CCCS2(=O)=O)oc(-c2cc(Cl)ccc2Cl)c1O. The molecule has 0 spiro atoms. The van der Waals surface area contributed by atoms with Crippen LogP contribution < -0.4 is 9.04 Å². The highest BCUT2D eigenvalue weighted by Gasteiger charge is 2.37. The van der Waals surface area contributed by atoms with Gasteiger partial charge in [-0.25, -0.2) is 12.7 Å². The summed E-state index contributed by atoms with van der Waals surface area (Å²) >= 11 is 12.1. The van der Waals surface area contributed by atoms with E-state index in [0.29, 0.717) is 11.4 Å². The van der Waals surface area contributed by atoms with Crippen LogP contribution >= 0.6 is 23.2 Å². The molecule has 0 amide bonds. The molecule has 1 N–H and O–H groups in total. The molecule has 0 bridgehead atoms. The first-order valence-electron chi connectivity index (χ1n) is 7.20. The normalized spacial score (nSPS) is 16.2. The molecule has 134 valence electrons. The first kappa shape index (κ1) is 17.9. The van der Waals surface area contributed by atoms with Crippen molar-refractivity contribution < 1.29 is 27.5 Å². The van der Waals surface area contributed by atoms with Gasteiger partial charge >= 0.3 is 5.97 Å². The van der Waals surface area contributed by atoms with Crippen LogP contribution in [0.1, 0.15) is 13.3 Å². The molecule has 7 nitrogen and oxygen atoms in total. The van der Waals surface area contributed by atoms with E-state index in [-0.39, 0.29) is 40.3 Å². The molecule has 1 aliphatic rings. The molecule has 2 aromatic rings. The van der Waals surface area contributed by atoms with Crippen molar-refractivity contribution >= 4 is 45.1 Å². The second-order valence-electron chi connectivity index (χ2n) is 5.37. The minimum absolute atomic E-state index is 0.0682. The molecule has 0 saturated carbocycles. The van der Waals surface area contributed by atoms with Gasteiger partial charge in [0.1, 0.15) is 0 Å². The van der Waals surface area contributed by atoms with Gasteiger partial charge in [0, 0.05) is 24.1 Å². The number of esters is 1. The van der Waals surface area contributed by atoms with Crippen LogP contribution in [0.25, 0.3) is 11.3 Å². The number of sulfonamides is 1. The number of rotatable bonds is 3. The number of hydrogen-bond acceptors (Lipinski definition) is 6. The van der Waals surface area contributed by atoms with Crippen molar-refractivity contribution in [2.75, 3.05) is 16.6 Å². The highest BCUT2D eigenvalue weighted by Crippen LogP contribution is 2.50. The first-order valence-corrected chi connectivity index (χ1v) is 9.57. The maximum atomic E-state index is 12.2. The topological polar surface area (TPSA) is 97.0 Å². The van der Waals surface area contributed by atoms with Crippen molar-refractivity contribution in [1.82, 2.24) is 0 Å². The van der Waals surface area contributed by atoms with Crippen LogP contribution in [0.4, 0.5) is 5.88 Å². The van der Waals surface area contributed by atoms with E-state index in [9.17, 15) is 18.3 Å². The van der Waals surface area contributed by atoms with Gasteiger partial charge in [0.15, 0.2) is 5.76 Å². The Labute approximate surface area is 153 Å². The van der Waals surface area contributed by atoms with Gasteiger partial charge in [-0.05, 0) is 24.6 Å². The van der Waals surface area contributed by atoms with Gasteiger partial charge in [-0.1, -0.05) is 23.2 Å². The Bertz CT molecular complexity index is 953. The molecule has 0 radical (unpaired) electrons. The standard InChI is InChI=1S/C15H13Cl2NO6S/c1-8(19)23-14-12(20)13(10-7-9(16)3-4-11(10)17)24-15(14)18-5-2-6-25(18,21)22/h3-4,7,20H,2,5-6H2,1H3. The number of aromatic hydroxyl groups is 1. The van der Waals surface area contributed by atoms with E-state index in [0.717, 1.165) is 11.2 Å². The van der Waals surface area contributed by atoms with Crippen molar-refractivity contribution in [3.63, 3.8) is 0 Å². The summed E-state index contributed by atoms with van der Waals surface area (Å²) in [6.07, 6.45) is 0.385. The Morgan fingerprint density at radius 3 is 2.68 bits per heavy atom. The van der Waals surface area contributed by atoms with Crippen molar-refractivity contribution in [3.8, 4) is 22.8 Å². The van der Waals surface area contributed by atoms with Gasteiger partial charge in [-0.2, -0.15) is 0 Å². The van der Waals surface area contributed by atoms with Gasteiger partial charge in [0.2, 0.25) is 21.5 Å². The van der Waals surface area contributed by atoms with Crippen LogP contribution in [0.2, 0.25) is 10.0 Å². The van der Waals surface area contributed by atoms with Crippen molar-refractivity contribution in [2.24, 2.45) is 0 Å². The summed E-state index contributed by atoms with van der Waals surface area (Å²) < 4.78 is 35.9. The Balaban J connectivity index is 2.22. The second kappa shape index (κ2) is 6.44. The highest BCUT2D eigenvalue weighted by molar-refractivity contribution is 7.93. The predicted molar refractivity (Wildman–Crippen MR) is 92.9 cm³/mol. The average molecular weight is 406 g/mol. The van der Waals surface area contributed by atoms with E-state index in [4.69, 9.17) is 32.4 Å². The van der Waals surface area contributed by atoms with E-state index in [1.54, 1.807) is 6.07 Å². The molecule has 10 heteroatoms. The monoisotopic (exact) mass is 405 g/mol. The average Bonchev–Trinajstić information content (AvgIpc) is 3.02. The summed E-state index contributed by atoms with van der Waals surface area (Å²) in [5.41, 5.74) is 0.239. The molecule has 1 aromatic carbocycles. The fourth-order valence-electron chi connectivity index (χ4n) is 2.52. The fourth-order valence-corrected chi connectivity index (χ4v) is 4.39. The zero-order valence-electron chi connectivity index (χ0n) is 13.0. The molecule has 1 fully saturated rings. The third kappa shape index (κ3) is 3.29. The Kier molecular flexibility index (Phi) is 4.61. The Morgan fingerprint density at radius 1 is 1.36 bits per heavy atom. The molecular formula is C15H13Cl2NO6S. The minimum Gasteiger partial charge on any atom is -0.502 e. The summed E-state index contributed by atoms with van der Waals surface area (Å²) in [4.78, 5) is 11.4. The lowest BCUT2D eigenvalue weighted by Gasteiger charge is -2.14. The Hall–Kier alpha value is -1.90. The lowest BCUT2D eigenvalue weighted by Crippen LogP contribution is -2.25. The van der Waals surface area contributed by atoms with Crippen molar-refractivity contribution in [2.45, 2.75) is 13.3 Å². The summed E-state index contributed by atoms with van der Waals surface area (Å²) in [6.45, 7) is 1.27. The summed E-state index contributed by atoms with van der Waals surface area (Å²) in [5.74, 6) is -2.11. The zero-order valence-corrected chi connectivity index (χ0v) is 15.3. The molecule has 25 heavy (non-hydrogen) atoms. The number of ether oxygens (including phenoxy) is 1. The fraction of sp³-hybridized carbons (Fsp3) is 0.267. The maximum Gasteiger partial charge on any atom is 0.308 e. The van der Waals surface area contributed by atoms with Crippen LogP contribution in [0, 0.1) is 0 Å². The van der Waals surface area contributed by atoms with Gasteiger partial charge in [-0.3, -0.25) is 4.79 Å². The summed E-state index contributed by atoms with van der Waals surface area (Å²) in [7, 11) is -3.62. The number of furan rings is 1. The molecule has 0 unspecified atom stereocenters. The van der Waals surface area contributed by atoms with E-state index >= 15 is 0 Å². The smallest absolute Gasteiger partial charge is 0.308 e. The van der Waals surface area contributed by atoms with Crippen LogP contribution in [0.5, 0.6) is 11.5 Å². The number of nitrogens with zero attached hydrogens (tertiary/aromatic N) is 1. The first-order chi connectivity index (χ1) is 11.7. The van der Waals surface area contributed by atoms with E-state index in [1.807, 2.05) is 0 Å². The molecule has 1 saturated heterocycles. The molecule has 1 aromatic heterocycles. The van der Waals surface area contributed by atoms with E-state index < -0.39 is 21.7 Å². The third-order valence-corrected chi connectivity index (χ3v) is 5.96. The molecular weight excluding hydrogens is 393 g/mol. The van der Waals surface area contributed by atoms with Crippen molar-refractivity contribution in [1.29, 1.82) is 0 Å². The summed E-state index contributed by atoms with van der Waals surface area (Å²) in [5, 5.41) is 11.0. The number of carbonyl (C=O) groups is 1. The lowest BCUT2D eigenvalue weighted by molar-refractivity contribution is -0.132. The molecule has 0 aliphatic carbocycles. The molecule has 2 heterocycles. The largest absolute Gasteiger partial charge is 0.502 e. The van der Waals surface area contributed by atoms with E-state index in [1.165, 1.54) is 12.1 Å². The molecule has 0 atom stereocenters. The van der Waals surface area contributed by atoms with Crippen LogP contribution in [-0.2, 0) is 14.8 Å². The predicted octanol–water partition coefficient (Wildman–Crippen LogP) is 3.42. The van der Waals surface area contributed by atoms with Crippen LogP contribution in [0.3, 0.4) is 0 Å². The maximum absolute atomic E-state index is 12.2. The number of hydrogen-bond donors (Lipinski definition) is 1. The van der Waals surface area contributed by atoms with Crippen molar-refractivity contribution in [3.05, 3.63) is 28.2 Å². The summed E-state index contributed by atoms with van der Waals surface area (Å²) in [6, 6.07) is 4.49. The second-order valence-corrected chi connectivity index (χ2v) is 8.23. The third-order valence-electron chi connectivity index (χ3n) is 3.57. The molecule has 3 rings (SSSR count). The highest BCUT2D eigenvalue weighted by atomic mass is 35.5. The van der Waals surface area contributed by atoms with Crippen LogP contribution in [-0.4, -0.2) is 31.8 Å². The quantitative estimate of drug-likeness (QED) is 0.785. The molecule has 1 aliphatic heterocycles. The van der Waals surface area contributed by atoms with Gasteiger partial charge in [0.25, 0.3) is 5.88 Å². The van der Waals surface area contributed by atoms with Gasteiger partial charge in [0.05, 0.1) is 10.8 Å². The van der Waals surface area contributed by atoms with Crippen LogP contribution in [0.15, 0.2) is 22.6 Å². The number of benzene rings is 1. The number of carbonyl (C=O) groups excluding carboxylic acids is 1. The van der Waals surface area contributed by atoms with Gasteiger partial charge in [-0.15, -0.1) is 0 Å². The van der Waals surface area contributed by atoms with Gasteiger partial charge < -0.3 is 14.3 Å². The number of halogens is 2. The minimum atomic E-state index is -3.62. The lowest BCUT2D eigenvalue weighted by atomic mass is 10.1. The van der Waals surface area contributed by atoms with E-state index in [2.05, 4.69) is 0 Å². The Morgan fingerprint density at radius 2 is 2.08 bits per heavy atom. The number of anilines is 1. The zero-order chi connectivity index (χ0) is 18.4.